The molecule has 194 valence electrons. The molecule has 1 rings (SSSR count). The minimum atomic E-state index is -4.16. The number of carbonyl (C=O) groups excluding carboxylic acids is 1. The Morgan fingerprint density at radius 3 is 2.06 bits per heavy atom. The maximum absolute atomic E-state index is 12.5. The van der Waals surface area contributed by atoms with Crippen molar-refractivity contribution in [2.24, 2.45) is 16.6 Å². The van der Waals surface area contributed by atoms with Crippen LogP contribution in [-0.4, -0.2) is 50.8 Å². The van der Waals surface area contributed by atoms with Crippen molar-refractivity contribution in [3.8, 4) is 0 Å². The Morgan fingerprint density at radius 1 is 1.09 bits per heavy atom. The smallest absolute Gasteiger partial charge is 0.366 e. The molecule has 0 aliphatic carbocycles. The summed E-state index contributed by atoms with van der Waals surface area (Å²) >= 11 is 0. The molecule has 0 saturated heterocycles. The number of rotatable bonds is 18. The lowest BCUT2D eigenvalue weighted by Crippen LogP contribution is -2.40. The second kappa shape index (κ2) is 20.1. The molecule has 33 heavy (non-hydrogen) atoms. The van der Waals surface area contributed by atoms with Crippen LogP contribution in [0.25, 0.3) is 0 Å². The Balaban J connectivity index is 0.00000150. The van der Waals surface area contributed by atoms with E-state index < -0.39 is 10.4 Å². The van der Waals surface area contributed by atoms with Gasteiger partial charge < -0.3 is 11.1 Å². The van der Waals surface area contributed by atoms with Crippen molar-refractivity contribution in [1.82, 2.24) is 5.32 Å². The highest BCUT2D eigenvalue weighted by molar-refractivity contribution is 7.80. The van der Waals surface area contributed by atoms with Gasteiger partial charge in [-0.2, -0.15) is 8.42 Å². The monoisotopic (exact) mass is 489 g/mol. The van der Waals surface area contributed by atoms with E-state index in [1.807, 2.05) is 6.92 Å². The summed E-state index contributed by atoms with van der Waals surface area (Å²) in [5.74, 6) is 0.569. The number of hydrogen-bond donors (Lipinski definition) is 3. The van der Waals surface area contributed by atoms with E-state index in [0.717, 1.165) is 26.5 Å². The molecule has 0 bridgehead atoms. The Hall–Kier alpha value is -1.29. The van der Waals surface area contributed by atoms with Gasteiger partial charge in [-0.1, -0.05) is 70.4 Å². The van der Waals surface area contributed by atoms with Gasteiger partial charge in [0.15, 0.2) is 5.84 Å². The van der Waals surface area contributed by atoms with Gasteiger partial charge >= 0.3 is 10.4 Å². The summed E-state index contributed by atoms with van der Waals surface area (Å²) in [5.41, 5.74) is 6.05. The van der Waals surface area contributed by atoms with Crippen LogP contribution in [0.5, 0.6) is 0 Å². The number of hydrogen-bond acceptors (Lipinski definition) is 7. The summed E-state index contributed by atoms with van der Waals surface area (Å²) in [6.45, 7) is 5.69. The van der Waals surface area contributed by atoms with E-state index in [1.54, 1.807) is 0 Å². The van der Waals surface area contributed by atoms with Crippen LogP contribution in [0.3, 0.4) is 0 Å². The van der Waals surface area contributed by atoms with Crippen LogP contribution in [0.2, 0.25) is 0 Å². The summed E-state index contributed by atoms with van der Waals surface area (Å²) < 4.78 is 29.7. The molecule has 0 aromatic carbocycles. The molecule has 4 N–H and O–H groups in total. The van der Waals surface area contributed by atoms with E-state index in [4.69, 9.17) is 10.3 Å². The third kappa shape index (κ3) is 18.8. The summed E-state index contributed by atoms with van der Waals surface area (Å²) in [4.78, 5) is 16.7. The average molecular weight is 490 g/mol. The van der Waals surface area contributed by atoms with Crippen LogP contribution in [0.4, 0.5) is 0 Å². The zero-order valence-corrected chi connectivity index (χ0v) is 21.7. The fourth-order valence-electron chi connectivity index (χ4n) is 3.63. The van der Waals surface area contributed by atoms with Crippen LogP contribution in [-0.2, 0) is 19.4 Å². The van der Waals surface area contributed by atoms with E-state index in [-0.39, 0.29) is 17.7 Å². The van der Waals surface area contributed by atoms with Crippen molar-refractivity contribution in [2.45, 2.75) is 103 Å². The molecule has 0 spiro atoms. The number of nitrogens with two attached hydrogens (primary N) is 1. The Bertz CT molecular complexity index is 663. The number of unbranched alkanes of at least 4 members (excludes halogenated alkanes) is 10. The third-order valence-corrected chi connectivity index (χ3v) is 6.04. The Kier molecular flexibility index (Phi) is 19.3. The van der Waals surface area contributed by atoms with Gasteiger partial charge in [0.05, 0.1) is 13.7 Å². The minimum absolute atomic E-state index is 0.0911. The molecular formula is C24H47N3O5S. The number of allylic oxidation sites excluding steroid dienone is 2. The molecule has 1 heterocycles. The highest BCUT2D eigenvalue weighted by Gasteiger charge is 2.27. The lowest BCUT2D eigenvalue weighted by molar-refractivity contribution is -0.117. The first-order chi connectivity index (χ1) is 15.7. The van der Waals surface area contributed by atoms with Crippen molar-refractivity contribution >= 4 is 22.0 Å². The third-order valence-electron chi connectivity index (χ3n) is 5.62. The summed E-state index contributed by atoms with van der Waals surface area (Å²) in [6.07, 6.45) is 21.0. The molecule has 9 heteroatoms. The summed E-state index contributed by atoms with van der Waals surface area (Å²) in [5, 5.41) is 3.08. The number of carbonyl (C=O) groups is 1. The summed E-state index contributed by atoms with van der Waals surface area (Å²) in [7, 11) is -3.29. The first kappa shape index (κ1) is 31.7. The van der Waals surface area contributed by atoms with Crippen molar-refractivity contribution in [3.05, 3.63) is 12.2 Å². The van der Waals surface area contributed by atoms with Crippen molar-refractivity contribution < 1.29 is 21.9 Å². The van der Waals surface area contributed by atoms with Gasteiger partial charge in [0.1, 0.15) is 0 Å². The highest BCUT2D eigenvalue weighted by atomic mass is 32.3. The van der Waals surface area contributed by atoms with E-state index in [2.05, 4.69) is 33.6 Å². The second-order valence-corrected chi connectivity index (χ2v) is 9.79. The minimum Gasteiger partial charge on any atom is -0.366 e. The average Bonchev–Trinajstić information content (AvgIpc) is 3.31. The molecule has 0 fully saturated rings. The van der Waals surface area contributed by atoms with Gasteiger partial charge in [0.25, 0.3) is 0 Å². The molecular weight excluding hydrogens is 442 g/mol. The van der Waals surface area contributed by atoms with Gasteiger partial charge in [-0.3, -0.25) is 18.5 Å². The van der Waals surface area contributed by atoms with Gasteiger partial charge in [-0.25, -0.2) is 0 Å². The lowest BCUT2D eigenvalue weighted by atomic mass is 9.90. The maximum Gasteiger partial charge on any atom is 0.397 e. The molecule has 8 nitrogen and oxygen atoms in total. The van der Waals surface area contributed by atoms with Gasteiger partial charge in [0, 0.05) is 18.5 Å². The highest BCUT2D eigenvalue weighted by Crippen LogP contribution is 2.17. The number of nitrogens with zero attached hydrogens (tertiary/aromatic N) is 1. The van der Waals surface area contributed by atoms with Crippen molar-refractivity contribution in [1.29, 1.82) is 0 Å². The van der Waals surface area contributed by atoms with E-state index >= 15 is 0 Å². The molecule has 1 aliphatic heterocycles. The molecule has 0 aromatic rings. The van der Waals surface area contributed by atoms with Crippen LogP contribution >= 0.6 is 0 Å². The zero-order chi connectivity index (χ0) is 25.0. The topological polar surface area (TPSA) is 131 Å². The van der Waals surface area contributed by atoms with Gasteiger partial charge in [-0.05, 0) is 39.0 Å². The van der Waals surface area contributed by atoms with Gasteiger partial charge in [0.2, 0.25) is 5.78 Å². The van der Waals surface area contributed by atoms with Crippen molar-refractivity contribution in [2.75, 3.05) is 20.2 Å². The van der Waals surface area contributed by atoms with Crippen LogP contribution in [0.1, 0.15) is 97.3 Å². The molecule has 0 radical (unpaired) electrons. The molecule has 2 atom stereocenters. The number of nitrogens with one attached hydrogen (secondary N) is 1. The van der Waals surface area contributed by atoms with E-state index in [1.165, 1.54) is 70.6 Å². The predicted molar refractivity (Wildman–Crippen MR) is 136 cm³/mol. The molecule has 0 aromatic heterocycles. The fraction of sp³-hybridized carbons (Fsp3) is 0.833. The van der Waals surface area contributed by atoms with Crippen LogP contribution in [0.15, 0.2) is 17.1 Å². The number of amidine groups is 1. The fourth-order valence-corrected chi connectivity index (χ4v) is 3.63. The largest absolute Gasteiger partial charge is 0.397 e. The molecule has 1 aliphatic rings. The number of aliphatic imine (C=N–C) groups is 1. The van der Waals surface area contributed by atoms with Crippen LogP contribution in [0, 0.1) is 5.92 Å². The maximum atomic E-state index is 12.5. The number of Topliss-reactive ketones (excluding diaryl/α,β-unsaturated/α-hetero) is 1. The van der Waals surface area contributed by atoms with E-state index in [9.17, 15) is 13.2 Å². The second-order valence-electron chi connectivity index (χ2n) is 8.60. The predicted octanol–water partition coefficient (Wildman–Crippen LogP) is 4.60. The van der Waals surface area contributed by atoms with E-state index in [0.29, 0.717) is 12.4 Å². The van der Waals surface area contributed by atoms with Gasteiger partial charge in [-0.15, -0.1) is 0 Å². The zero-order valence-electron chi connectivity index (χ0n) is 20.9. The normalized spacial score (nSPS) is 15.5. The molecule has 2 unspecified atom stereocenters. The summed E-state index contributed by atoms with van der Waals surface area (Å²) in [6, 6.07) is -0.104. The Labute approximate surface area is 201 Å². The number of ketones is 1. The molecule has 0 amide bonds. The van der Waals surface area contributed by atoms with Crippen molar-refractivity contribution in [3.63, 3.8) is 0 Å². The first-order valence-electron chi connectivity index (χ1n) is 12.5. The first-order valence-corrected chi connectivity index (χ1v) is 13.9. The van der Waals surface area contributed by atoms with Crippen LogP contribution < -0.4 is 11.1 Å². The standard InChI is InChI=1S/C23H43N3O.CH4O4S/c1-3-4-5-6-7-8-9-10-11-12-13-14-15-16-17-21(20(2)24)22(27)23-25-18-19-26-23;1-5-6(2,3)4/h10-11,20-21H,3-9,12-19,24H2,1-2H3,(H,25,26);1H3,(H,2,3,4). The Morgan fingerprint density at radius 2 is 1.61 bits per heavy atom. The lowest BCUT2D eigenvalue weighted by Gasteiger charge is -2.19. The SMILES string of the molecule is CCCCCCCCC=CCCCCCCC(C(=O)C1=NCCN1)C(C)N.COS(=O)(=O)O. The molecule has 0 saturated carbocycles. The quantitative estimate of drug-likeness (QED) is 0.146.